The number of carbonyl (C=O) groups excluding carboxylic acids is 1. The minimum Gasteiger partial charge on any atom is -0.491 e. The number of hydrogen-bond acceptors (Lipinski definition) is 6. The standard InChI is InChI=1S/C27H28N4O3/c1-2-19-33-20-21-34-25-12-6-22(7-13-25)27(32)29-23-8-10-24(11-9-23)30-15-17-31(18-16-30)26-5-3-4-14-28-26/h1,3-14H,15-21H2,(H,29,32). The molecule has 1 saturated heterocycles. The lowest BCUT2D eigenvalue weighted by molar-refractivity contribution is 0.102. The van der Waals surface area contributed by atoms with E-state index in [9.17, 15) is 4.79 Å². The monoisotopic (exact) mass is 456 g/mol. The molecule has 1 amide bonds. The molecule has 0 unspecified atom stereocenters. The third-order valence-electron chi connectivity index (χ3n) is 5.54. The Hall–Kier alpha value is -4.02. The molecule has 0 atom stereocenters. The number of amides is 1. The van der Waals surface area contributed by atoms with E-state index in [2.05, 4.69) is 26.0 Å². The first-order valence-electron chi connectivity index (χ1n) is 11.3. The number of carbonyl (C=O) groups is 1. The Kier molecular flexibility index (Phi) is 7.99. The van der Waals surface area contributed by atoms with Gasteiger partial charge in [0, 0.05) is 49.3 Å². The van der Waals surface area contributed by atoms with E-state index in [1.54, 1.807) is 24.3 Å². The van der Waals surface area contributed by atoms with Gasteiger partial charge in [0.2, 0.25) is 0 Å². The molecule has 1 fully saturated rings. The number of ether oxygens (including phenoxy) is 2. The van der Waals surface area contributed by atoms with Crippen LogP contribution in [0.4, 0.5) is 17.2 Å². The summed E-state index contributed by atoms with van der Waals surface area (Å²) in [6, 6.07) is 21.0. The van der Waals surface area contributed by atoms with Crippen LogP contribution in [0.2, 0.25) is 0 Å². The Morgan fingerprint density at radius 1 is 0.941 bits per heavy atom. The maximum Gasteiger partial charge on any atom is 0.255 e. The number of piperazine rings is 1. The Morgan fingerprint density at radius 2 is 1.68 bits per heavy atom. The molecule has 7 heteroatoms. The quantitative estimate of drug-likeness (QED) is 0.391. The van der Waals surface area contributed by atoms with Crippen LogP contribution >= 0.6 is 0 Å². The van der Waals surface area contributed by atoms with E-state index < -0.39 is 0 Å². The van der Waals surface area contributed by atoms with Gasteiger partial charge in [-0.25, -0.2) is 4.98 Å². The summed E-state index contributed by atoms with van der Waals surface area (Å²) < 4.78 is 10.7. The van der Waals surface area contributed by atoms with Crippen LogP contribution in [0.15, 0.2) is 72.9 Å². The number of rotatable bonds is 9. The molecule has 0 bridgehead atoms. The SMILES string of the molecule is C#CCOCCOc1ccc(C(=O)Nc2ccc(N3CCN(c4ccccn4)CC3)cc2)cc1. The Bertz CT molecular complexity index is 1090. The molecule has 174 valence electrons. The van der Waals surface area contributed by atoms with Crippen molar-refractivity contribution in [1.82, 2.24) is 4.98 Å². The Morgan fingerprint density at radius 3 is 2.35 bits per heavy atom. The number of aromatic nitrogens is 1. The van der Waals surface area contributed by atoms with E-state index in [4.69, 9.17) is 15.9 Å². The normalized spacial score (nSPS) is 13.3. The van der Waals surface area contributed by atoms with Gasteiger partial charge >= 0.3 is 0 Å². The topological polar surface area (TPSA) is 66.9 Å². The zero-order chi connectivity index (χ0) is 23.6. The van der Waals surface area contributed by atoms with E-state index in [-0.39, 0.29) is 12.5 Å². The highest BCUT2D eigenvalue weighted by Gasteiger charge is 2.18. The summed E-state index contributed by atoms with van der Waals surface area (Å²) in [4.78, 5) is 21.7. The van der Waals surface area contributed by atoms with Crippen LogP contribution in [0.25, 0.3) is 0 Å². The molecule has 7 nitrogen and oxygen atoms in total. The Labute approximate surface area is 200 Å². The second kappa shape index (κ2) is 11.7. The zero-order valence-electron chi connectivity index (χ0n) is 19.0. The summed E-state index contributed by atoms with van der Waals surface area (Å²) in [6.45, 7) is 4.78. The molecule has 2 aromatic carbocycles. The summed E-state index contributed by atoms with van der Waals surface area (Å²) in [6.07, 6.45) is 6.96. The van der Waals surface area contributed by atoms with Crippen molar-refractivity contribution < 1.29 is 14.3 Å². The molecule has 1 aromatic heterocycles. The highest BCUT2D eigenvalue weighted by molar-refractivity contribution is 6.04. The van der Waals surface area contributed by atoms with Crippen molar-refractivity contribution in [3.05, 3.63) is 78.5 Å². The van der Waals surface area contributed by atoms with Crippen molar-refractivity contribution in [2.75, 3.05) is 61.1 Å². The molecule has 0 radical (unpaired) electrons. The maximum absolute atomic E-state index is 12.6. The molecule has 1 aliphatic rings. The van der Waals surface area contributed by atoms with Crippen molar-refractivity contribution in [1.29, 1.82) is 0 Å². The van der Waals surface area contributed by atoms with Crippen LogP contribution in [-0.4, -0.2) is 56.9 Å². The molecule has 3 aromatic rings. The lowest BCUT2D eigenvalue weighted by Gasteiger charge is -2.36. The molecule has 0 aliphatic carbocycles. The smallest absolute Gasteiger partial charge is 0.255 e. The summed E-state index contributed by atoms with van der Waals surface area (Å²) >= 11 is 0. The maximum atomic E-state index is 12.6. The molecule has 34 heavy (non-hydrogen) atoms. The molecule has 4 rings (SSSR count). The van der Waals surface area contributed by atoms with E-state index >= 15 is 0 Å². The van der Waals surface area contributed by atoms with Crippen molar-refractivity contribution in [2.45, 2.75) is 0 Å². The summed E-state index contributed by atoms with van der Waals surface area (Å²) in [5.74, 6) is 3.94. The van der Waals surface area contributed by atoms with Crippen LogP contribution in [0, 0.1) is 12.3 Å². The largest absolute Gasteiger partial charge is 0.491 e. The van der Waals surface area contributed by atoms with Crippen LogP contribution in [0.5, 0.6) is 5.75 Å². The number of pyridine rings is 1. The fraction of sp³-hybridized carbons (Fsp3) is 0.259. The van der Waals surface area contributed by atoms with Gasteiger partial charge in [-0.15, -0.1) is 6.42 Å². The average molecular weight is 457 g/mol. The minimum absolute atomic E-state index is 0.166. The molecular formula is C27H28N4O3. The van der Waals surface area contributed by atoms with Crippen LogP contribution in [0.3, 0.4) is 0 Å². The van der Waals surface area contributed by atoms with E-state index in [1.807, 2.05) is 48.7 Å². The van der Waals surface area contributed by atoms with Crippen molar-refractivity contribution in [3.63, 3.8) is 0 Å². The highest BCUT2D eigenvalue weighted by atomic mass is 16.5. The number of nitrogens with one attached hydrogen (secondary N) is 1. The van der Waals surface area contributed by atoms with Gasteiger partial charge in [0.05, 0.1) is 6.61 Å². The average Bonchev–Trinajstić information content (AvgIpc) is 2.90. The third kappa shape index (κ3) is 6.27. The first kappa shape index (κ1) is 23.1. The number of terminal acetylenes is 1. The predicted octanol–water partition coefficient (Wildman–Crippen LogP) is 3.69. The summed E-state index contributed by atoms with van der Waals surface area (Å²) in [5, 5.41) is 2.95. The van der Waals surface area contributed by atoms with Crippen molar-refractivity contribution in [3.8, 4) is 18.1 Å². The molecule has 1 aliphatic heterocycles. The third-order valence-corrected chi connectivity index (χ3v) is 5.54. The van der Waals surface area contributed by atoms with Crippen molar-refractivity contribution in [2.24, 2.45) is 0 Å². The molecule has 0 saturated carbocycles. The van der Waals surface area contributed by atoms with Gasteiger partial charge in [0.15, 0.2) is 0 Å². The minimum atomic E-state index is -0.166. The predicted molar refractivity (Wildman–Crippen MR) is 135 cm³/mol. The fourth-order valence-corrected chi connectivity index (χ4v) is 3.75. The van der Waals surface area contributed by atoms with Crippen LogP contribution in [0.1, 0.15) is 10.4 Å². The first-order valence-corrected chi connectivity index (χ1v) is 11.3. The van der Waals surface area contributed by atoms with Gasteiger partial charge in [0.25, 0.3) is 5.91 Å². The number of hydrogen-bond donors (Lipinski definition) is 1. The van der Waals surface area contributed by atoms with Gasteiger partial charge in [0.1, 0.15) is 24.8 Å². The Balaban J connectivity index is 1.25. The molecule has 2 heterocycles. The summed E-state index contributed by atoms with van der Waals surface area (Å²) in [7, 11) is 0. The second-order valence-corrected chi connectivity index (χ2v) is 7.79. The summed E-state index contributed by atoms with van der Waals surface area (Å²) in [5.41, 5.74) is 2.46. The van der Waals surface area contributed by atoms with E-state index in [0.29, 0.717) is 24.5 Å². The van der Waals surface area contributed by atoms with Gasteiger partial charge in [-0.3, -0.25) is 4.79 Å². The number of nitrogens with zero attached hydrogens (tertiary/aromatic N) is 3. The molecule has 0 spiro atoms. The van der Waals surface area contributed by atoms with Gasteiger partial charge in [-0.05, 0) is 60.7 Å². The lowest BCUT2D eigenvalue weighted by Crippen LogP contribution is -2.46. The van der Waals surface area contributed by atoms with Gasteiger partial charge < -0.3 is 24.6 Å². The first-order chi connectivity index (χ1) is 16.7. The highest BCUT2D eigenvalue weighted by Crippen LogP contribution is 2.22. The van der Waals surface area contributed by atoms with Crippen LogP contribution < -0.4 is 19.9 Å². The molecular weight excluding hydrogens is 428 g/mol. The van der Waals surface area contributed by atoms with Gasteiger partial charge in [-0.2, -0.15) is 0 Å². The van der Waals surface area contributed by atoms with E-state index in [0.717, 1.165) is 43.4 Å². The second-order valence-electron chi connectivity index (χ2n) is 7.79. The fourth-order valence-electron chi connectivity index (χ4n) is 3.75. The number of anilines is 3. The van der Waals surface area contributed by atoms with E-state index in [1.165, 1.54) is 0 Å². The zero-order valence-corrected chi connectivity index (χ0v) is 19.0. The van der Waals surface area contributed by atoms with Crippen molar-refractivity contribution >= 4 is 23.1 Å². The lowest BCUT2D eigenvalue weighted by atomic mass is 10.2. The number of benzene rings is 2. The van der Waals surface area contributed by atoms with Gasteiger partial charge in [-0.1, -0.05) is 12.0 Å². The van der Waals surface area contributed by atoms with Crippen LogP contribution in [-0.2, 0) is 4.74 Å². The molecule has 1 N–H and O–H groups in total.